The van der Waals surface area contributed by atoms with Gasteiger partial charge in [-0.05, 0) is 56.2 Å². The molecule has 5 rings (SSSR count). The van der Waals surface area contributed by atoms with Crippen LogP contribution in [-0.4, -0.2) is 49.9 Å². The summed E-state index contributed by atoms with van der Waals surface area (Å²) in [5.41, 5.74) is 4.54. The van der Waals surface area contributed by atoms with Crippen LogP contribution < -0.4 is 10.1 Å². The van der Waals surface area contributed by atoms with Crippen LogP contribution in [0.4, 0.5) is 11.6 Å². The van der Waals surface area contributed by atoms with Crippen molar-refractivity contribution in [2.75, 3.05) is 18.4 Å². The molecule has 0 aliphatic carbocycles. The lowest BCUT2D eigenvalue weighted by Gasteiger charge is -2.21. The van der Waals surface area contributed by atoms with E-state index in [4.69, 9.17) is 11.2 Å². The molecule has 0 spiro atoms. The molecule has 4 aromatic rings. The minimum absolute atomic E-state index is 0.168. The van der Waals surface area contributed by atoms with Crippen LogP contribution >= 0.6 is 0 Å². The van der Waals surface area contributed by atoms with E-state index in [0.29, 0.717) is 12.0 Å². The molecule has 1 aliphatic rings. The summed E-state index contributed by atoms with van der Waals surface area (Å²) in [4.78, 5) is 11.6. The van der Waals surface area contributed by atoms with Gasteiger partial charge in [0.15, 0.2) is 0 Å². The number of fused-ring (bicyclic) bond motifs is 1. The van der Waals surface area contributed by atoms with Crippen molar-refractivity contribution < 1.29 is 4.74 Å². The number of aromatic nitrogens is 4. The minimum Gasteiger partial charge on any atom is -0.489 e. The number of anilines is 2. The van der Waals surface area contributed by atoms with Crippen molar-refractivity contribution in [3.63, 3.8) is 0 Å². The van der Waals surface area contributed by atoms with Gasteiger partial charge in [0, 0.05) is 66.8 Å². The van der Waals surface area contributed by atoms with Crippen molar-refractivity contribution in [1.29, 1.82) is 0 Å². The van der Waals surface area contributed by atoms with E-state index in [1.165, 1.54) is 0 Å². The molecule has 7 nitrogen and oxygen atoms in total. The fourth-order valence-corrected chi connectivity index (χ4v) is 4.30. The Labute approximate surface area is 199 Å². The SMILES string of the molecule is C#Cc1ccc2nc(Nc3cc(O[C@H]4CCN(C(C)C)C4)cc(-c4cnn(C)c4)c3)ncc2c1. The van der Waals surface area contributed by atoms with Crippen LogP contribution in [0.5, 0.6) is 5.75 Å². The van der Waals surface area contributed by atoms with Gasteiger partial charge in [0.05, 0.1) is 11.7 Å². The molecule has 0 unspecified atom stereocenters. The second-order valence-corrected chi connectivity index (χ2v) is 9.00. The van der Waals surface area contributed by atoms with Crippen LogP contribution in [0.3, 0.4) is 0 Å². The third-order valence-electron chi connectivity index (χ3n) is 6.16. The number of ether oxygens (including phenoxy) is 1. The Morgan fingerprint density at radius 3 is 2.76 bits per heavy atom. The Balaban J connectivity index is 1.44. The first-order valence-electron chi connectivity index (χ1n) is 11.5. The second kappa shape index (κ2) is 9.16. The number of aryl methyl sites for hydroxylation is 1. The molecular weight excluding hydrogens is 424 g/mol. The van der Waals surface area contributed by atoms with Gasteiger partial charge in [-0.1, -0.05) is 5.92 Å². The lowest BCUT2D eigenvalue weighted by Crippen LogP contribution is -2.30. The molecule has 7 heteroatoms. The number of nitrogens with zero attached hydrogens (tertiary/aromatic N) is 5. The van der Waals surface area contributed by atoms with E-state index in [2.05, 4.69) is 57.2 Å². The topological polar surface area (TPSA) is 68.1 Å². The van der Waals surface area contributed by atoms with Gasteiger partial charge in [-0.2, -0.15) is 5.10 Å². The average molecular weight is 453 g/mol. The van der Waals surface area contributed by atoms with Gasteiger partial charge in [0.2, 0.25) is 5.95 Å². The maximum atomic E-state index is 6.43. The Hall–Kier alpha value is -3.89. The maximum Gasteiger partial charge on any atom is 0.227 e. The normalized spacial score (nSPS) is 16.1. The minimum atomic E-state index is 0.168. The van der Waals surface area contributed by atoms with Crippen LogP contribution in [-0.2, 0) is 7.05 Å². The summed E-state index contributed by atoms with van der Waals surface area (Å²) in [7, 11) is 1.91. The highest BCUT2D eigenvalue weighted by Crippen LogP contribution is 2.31. The van der Waals surface area contributed by atoms with E-state index in [0.717, 1.165) is 58.5 Å². The number of nitrogens with one attached hydrogen (secondary N) is 1. The van der Waals surface area contributed by atoms with Crippen molar-refractivity contribution >= 4 is 22.5 Å². The molecular formula is C27H28N6O. The zero-order valence-electron chi connectivity index (χ0n) is 19.7. The molecule has 2 aromatic heterocycles. The summed E-state index contributed by atoms with van der Waals surface area (Å²) >= 11 is 0. The summed E-state index contributed by atoms with van der Waals surface area (Å²) in [6, 6.07) is 12.4. The highest BCUT2D eigenvalue weighted by molar-refractivity contribution is 5.81. The van der Waals surface area contributed by atoms with Gasteiger partial charge in [-0.3, -0.25) is 9.58 Å². The van der Waals surface area contributed by atoms with Gasteiger partial charge in [-0.15, -0.1) is 6.42 Å². The molecule has 1 N–H and O–H groups in total. The standard InChI is InChI=1S/C27H28N6O/c1-5-19-6-7-26-21(10-19)14-28-27(31-26)30-23-11-20(22-15-29-32(4)16-22)12-25(13-23)34-24-8-9-33(17-24)18(2)3/h1,6-7,10-16,18,24H,8-9,17H2,2-4H3,(H,28,30,31)/t24-/m0/s1. The Morgan fingerprint density at radius 1 is 1.15 bits per heavy atom. The highest BCUT2D eigenvalue weighted by Gasteiger charge is 2.25. The Kier molecular flexibility index (Phi) is 5.91. The lowest BCUT2D eigenvalue weighted by atomic mass is 10.1. The Morgan fingerprint density at radius 2 is 2.03 bits per heavy atom. The number of hydrogen-bond donors (Lipinski definition) is 1. The molecule has 172 valence electrons. The van der Waals surface area contributed by atoms with E-state index >= 15 is 0 Å². The smallest absolute Gasteiger partial charge is 0.227 e. The van der Waals surface area contributed by atoms with Crippen molar-refractivity contribution in [3.05, 3.63) is 60.6 Å². The molecule has 1 atom stereocenters. The van der Waals surface area contributed by atoms with Crippen LogP contribution in [0.15, 0.2) is 55.0 Å². The van der Waals surface area contributed by atoms with Crippen LogP contribution in [0.2, 0.25) is 0 Å². The fourth-order valence-electron chi connectivity index (χ4n) is 4.30. The number of benzene rings is 2. The number of likely N-dealkylation sites (tertiary alicyclic amines) is 1. The lowest BCUT2D eigenvalue weighted by molar-refractivity contribution is 0.187. The summed E-state index contributed by atoms with van der Waals surface area (Å²) in [6.45, 7) is 6.45. The van der Waals surface area contributed by atoms with Crippen LogP contribution in [0, 0.1) is 12.3 Å². The predicted molar refractivity (Wildman–Crippen MR) is 135 cm³/mol. The number of rotatable bonds is 6. The average Bonchev–Trinajstić information content (AvgIpc) is 3.48. The molecule has 0 radical (unpaired) electrons. The van der Waals surface area contributed by atoms with E-state index in [1.54, 1.807) is 10.9 Å². The molecule has 1 fully saturated rings. The van der Waals surface area contributed by atoms with Crippen molar-refractivity contribution in [2.24, 2.45) is 7.05 Å². The van der Waals surface area contributed by atoms with Crippen molar-refractivity contribution in [2.45, 2.75) is 32.4 Å². The zero-order chi connectivity index (χ0) is 23.7. The van der Waals surface area contributed by atoms with E-state index in [1.807, 2.05) is 43.7 Å². The molecule has 0 bridgehead atoms. The van der Waals surface area contributed by atoms with E-state index in [-0.39, 0.29) is 6.10 Å². The third-order valence-corrected chi connectivity index (χ3v) is 6.16. The van der Waals surface area contributed by atoms with Gasteiger partial charge in [0.25, 0.3) is 0 Å². The van der Waals surface area contributed by atoms with Crippen LogP contribution in [0.1, 0.15) is 25.8 Å². The third kappa shape index (κ3) is 4.73. The first-order valence-corrected chi connectivity index (χ1v) is 11.5. The molecule has 1 saturated heterocycles. The predicted octanol–water partition coefficient (Wildman–Crippen LogP) is 4.62. The van der Waals surface area contributed by atoms with Crippen LogP contribution in [0.25, 0.3) is 22.0 Å². The molecule has 3 heterocycles. The maximum absolute atomic E-state index is 6.43. The van der Waals surface area contributed by atoms with Gasteiger partial charge in [0.1, 0.15) is 11.9 Å². The van der Waals surface area contributed by atoms with Gasteiger partial charge >= 0.3 is 0 Å². The molecule has 0 saturated carbocycles. The zero-order valence-corrected chi connectivity index (χ0v) is 19.7. The van der Waals surface area contributed by atoms with Gasteiger partial charge < -0.3 is 10.1 Å². The van der Waals surface area contributed by atoms with E-state index < -0.39 is 0 Å². The largest absolute Gasteiger partial charge is 0.489 e. The monoisotopic (exact) mass is 452 g/mol. The molecule has 0 amide bonds. The highest BCUT2D eigenvalue weighted by atomic mass is 16.5. The molecule has 34 heavy (non-hydrogen) atoms. The summed E-state index contributed by atoms with van der Waals surface area (Å²) in [6.07, 6.45) is 12.3. The summed E-state index contributed by atoms with van der Waals surface area (Å²) in [5.74, 6) is 3.98. The number of hydrogen-bond acceptors (Lipinski definition) is 6. The second-order valence-electron chi connectivity index (χ2n) is 9.00. The Bertz CT molecular complexity index is 1370. The summed E-state index contributed by atoms with van der Waals surface area (Å²) < 4.78 is 8.23. The first kappa shape index (κ1) is 21.9. The molecule has 1 aliphatic heterocycles. The van der Waals surface area contributed by atoms with Crippen molar-refractivity contribution in [3.8, 4) is 29.2 Å². The first-order chi connectivity index (χ1) is 16.5. The number of terminal acetylenes is 1. The quantitative estimate of drug-likeness (QED) is 0.431. The summed E-state index contributed by atoms with van der Waals surface area (Å²) in [5, 5.41) is 8.59. The van der Waals surface area contributed by atoms with E-state index in [9.17, 15) is 0 Å². The molecule has 2 aromatic carbocycles. The fraction of sp³-hybridized carbons (Fsp3) is 0.296. The van der Waals surface area contributed by atoms with Crippen molar-refractivity contribution in [1.82, 2.24) is 24.6 Å². The van der Waals surface area contributed by atoms with Gasteiger partial charge in [-0.25, -0.2) is 9.97 Å².